The zero-order chi connectivity index (χ0) is 31.0. The van der Waals surface area contributed by atoms with Crippen LogP contribution in [0.1, 0.15) is 23.6 Å². The fraction of sp³-hybridized carbons (Fsp3) is 0.212. The molecule has 0 bridgehead atoms. The molecule has 0 heterocycles. The number of nitrogens with one attached hydrogen (secondary N) is 1. The molecule has 1 N–H and O–H groups in total. The van der Waals surface area contributed by atoms with E-state index in [1.165, 1.54) is 59.5 Å². The molecule has 0 spiro atoms. The summed E-state index contributed by atoms with van der Waals surface area (Å²) in [5.74, 6) is -1.66. The Hall–Kier alpha value is -4.21. The number of nitrogens with zero attached hydrogens (tertiary/aromatic N) is 2. The van der Waals surface area contributed by atoms with Gasteiger partial charge in [0.25, 0.3) is 10.0 Å². The van der Waals surface area contributed by atoms with Gasteiger partial charge in [-0.05, 0) is 61.9 Å². The number of halogens is 2. The summed E-state index contributed by atoms with van der Waals surface area (Å²) in [5, 5.41) is 3.17. The molecule has 0 unspecified atom stereocenters. The van der Waals surface area contributed by atoms with Crippen molar-refractivity contribution in [1.82, 2.24) is 10.2 Å². The van der Waals surface area contributed by atoms with E-state index in [2.05, 4.69) is 5.32 Å². The van der Waals surface area contributed by atoms with Crippen LogP contribution in [0.3, 0.4) is 0 Å². The van der Waals surface area contributed by atoms with Gasteiger partial charge in [0.15, 0.2) is 0 Å². The number of rotatable bonds is 12. The molecule has 0 saturated carbocycles. The third-order valence-electron chi connectivity index (χ3n) is 6.92. The highest BCUT2D eigenvalue weighted by molar-refractivity contribution is 7.92. The van der Waals surface area contributed by atoms with Crippen LogP contribution < -0.4 is 9.62 Å². The van der Waals surface area contributed by atoms with E-state index < -0.39 is 40.2 Å². The van der Waals surface area contributed by atoms with Crippen molar-refractivity contribution in [2.75, 3.05) is 17.4 Å². The van der Waals surface area contributed by atoms with Crippen LogP contribution in [0.15, 0.2) is 108 Å². The zero-order valence-corrected chi connectivity index (χ0v) is 25.5. The number of benzene rings is 4. The first-order chi connectivity index (χ1) is 20.6. The summed E-state index contributed by atoms with van der Waals surface area (Å²) >= 11 is 6.09. The summed E-state index contributed by atoms with van der Waals surface area (Å²) in [7, 11) is -4.24. The number of likely N-dealkylation sites (N-methyl/N-ethyl adjacent to an activating group) is 1. The van der Waals surface area contributed by atoms with Crippen LogP contribution in [0.5, 0.6) is 0 Å². The number of hydrogen-bond donors (Lipinski definition) is 1. The second-order valence-corrected chi connectivity index (χ2v) is 12.3. The first-order valence-electron chi connectivity index (χ1n) is 13.8. The van der Waals surface area contributed by atoms with Gasteiger partial charge in [-0.3, -0.25) is 13.9 Å². The van der Waals surface area contributed by atoms with Crippen molar-refractivity contribution in [1.29, 1.82) is 0 Å². The maximum Gasteiger partial charge on any atom is 0.264 e. The lowest BCUT2D eigenvalue weighted by atomic mass is 10.0. The summed E-state index contributed by atoms with van der Waals surface area (Å²) < 4.78 is 43.9. The predicted octanol–water partition coefficient (Wildman–Crippen LogP) is 5.76. The standard InChI is InChI=1S/C33H33ClFN3O4S/c1-3-36-33(40)31(21-25-9-5-4-6-10-25)37(22-26-11-7-8-12-30(26)35)32(39)23-38(28-17-15-27(34)16-18-28)43(41,42)29-19-13-24(2)14-20-29/h4-20,31H,3,21-23H2,1-2H3,(H,36,40)/t31-/m1/s1. The Morgan fingerprint density at radius 1 is 0.884 bits per heavy atom. The van der Waals surface area contributed by atoms with Gasteiger partial charge in [0.05, 0.1) is 10.6 Å². The molecule has 0 aromatic heterocycles. The first kappa shape index (κ1) is 31.7. The van der Waals surface area contributed by atoms with Gasteiger partial charge < -0.3 is 10.2 Å². The minimum atomic E-state index is -4.24. The number of carbonyl (C=O) groups is 2. The molecule has 43 heavy (non-hydrogen) atoms. The zero-order valence-electron chi connectivity index (χ0n) is 23.9. The van der Waals surface area contributed by atoms with Crippen LogP contribution in [-0.4, -0.2) is 44.3 Å². The van der Waals surface area contributed by atoms with Gasteiger partial charge in [-0.25, -0.2) is 12.8 Å². The van der Waals surface area contributed by atoms with Crippen LogP contribution in [0.25, 0.3) is 0 Å². The van der Waals surface area contributed by atoms with Crippen molar-refractivity contribution in [3.05, 3.63) is 131 Å². The highest BCUT2D eigenvalue weighted by Gasteiger charge is 2.34. The Morgan fingerprint density at radius 2 is 1.51 bits per heavy atom. The number of sulfonamides is 1. The van der Waals surface area contributed by atoms with Gasteiger partial charge in [0.2, 0.25) is 11.8 Å². The molecule has 0 fully saturated rings. The molecule has 0 aliphatic rings. The van der Waals surface area contributed by atoms with E-state index in [9.17, 15) is 22.4 Å². The second kappa shape index (κ2) is 14.3. The fourth-order valence-electron chi connectivity index (χ4n) is 4.63. The molecule has 7 nitrogen and oxygen atoms in total. The Labute approximate surface area is 257 Å². The topological polar surface area (TPSA) is 86.8 Å². The summed E-state index contributed by atoms with van der Waals surface area (Å²) in [4.78, 5) is 29.0. The quantitative estimate of drug-likeness (QED) is 0.218. The summed E-state index contributed by atoms with van der Waals surface area (Å²) in [5.41, 5.74) is 2.06. The molecule has 0 aliphatic heterocycles. The third kappa shape index (κ3) is 8.00. The average Bonchev–Trinajstić information content (AvgIpc) is 3.00. The highest BCUT2D eigenvalue weighted by atomic mass is 35.5. The second-order valence-electron chi connectivity index (χ2n) is 10.0. The van der Waals surface area contributed by atoms with Crippen LogP contribution in [0.2, 0.25) is 5.02 Å². The molecule has 0 aliphatic carbocycles. The minimum absolute atomic E-state index is 0.00827. The normalized spacial score (nSPS) is 11.9. The Kier molecular flexibility index (Phi) is 10.6. The van der Waals surface area contributed by atoms with Gasteiger partial charge in [0, 0.05) is 30.1 Å². The van der Waals surface area contributed by atoms with Crippen LogP contribution in [-0.2, 0) is 32.6 Å². The Morgan fingerprint density at radius 3 is 2.14 bits per heavy atom. The molecule has 4 rings (SSSR count). The molecule has 10 heteroatoms. The lowest BCUT2D eigenvalue weighted by Gasteiger charge is -2.34. The van der Waals surface area contributed by atoms with E-state index >= 15 is 0 Å². The van der Waals surface area contributed by atoms with Gasteiger partial charge in [-0.15, -0.1) is 0 Å². The van der Waals surface area contributed by atoms with Crippen molar-refractivity contribution < 1.29 is 22.4 Å². The van der Waals surface area contributed by atoms with Crippen molar-refractivity contribution in [2.45, 2.75) is 37.8 Å². The van der Waals surface area contributed by atoms with E-state index in [4.69, 9.17) is 11.6 Å². The van der Waals surface area contributed by atoms with Crippen LogP contribution in [0.4, 0.5) is 10.1 Å². The van der Waals surface area contributed by atoms with Gasteiger partial charge in [0.1, 0.15) is 18.4 Å². The largest absolute Gasteiger partial charge is 0.355 e. The molecular weight excluding hydrogens is 589 g/mol. The van der Waals surface area contributed by atoms with E-state index in [0.717, 1.165) is 15.4 Å². The predicted molar refractivity (Wildman–Crippen MR) is 167 cm³/mol. The van der Waals surface area contributed by atoms with E-state index in [1.807, 2.05) is 37.3 Å². The molecule has 0 saturated heterocycles. The van der Waals surface area contributed by atoms with E-state index in [-0.39, 0.29) is 29.1 Å². The van der Waals surface area contributed by atoms with Gasteiger partial charge >= 0.3 is 0 Å². The smallest absolute Gasteiger partial charge is 0.264 e. The van der Waals surface area contributed by atoms with Crippen LogP contribution in [0, 0.1) is 12.7 Å². The highest BCUT2D eigenvalue weighted by Crippen LogP contribution is 2.27. The number of anilines is 1. The van der Waals surface area contributed by atoms with Crippen molar-refractivity contribution >= 4 is 39.1 Å². The molecule has 0 radical (unpaired) electrons. The van der Waals surface area contributed by atoms with Crippen molar-refractivity contribution in [3.63, 3.8) is 0 Å². The molecule has 2 amide bonds. The maximum atomic E-state index is 14.9. The molecule has 4 aromatic rings. The monoisotopic (exact) mass is 621 g/mol. The molecule has 4 aromatic carbocycles. The van der Waals surface area contributed by atoms with Crippen LogP contribution >= 0.6 is 11.6 Å². The minimum Gasteiger partial charge on any atom is -0.355 e. The lowest BCUT2D eigenvalue weighted by molar-refractivity contribution is -0.140. The summed E-state index contributed by atoms with van der Waals surface area (Å²) in [6, 6.07) is 26.5. The average molecular weight is 622 g/mol. The van der Waals surface area contributed by atoms with Gasteiger partial charge in [-0.1, -0.05) is 77.8 Å². The maximum absolute atomic E-state index is 14.9. The molecule has 224 valence electrons. The number of aryl methyl sites for hydroxylation is 1. The SMILES string of the molecule is CCNC(=O)[C@@H](Cc1ccccc1)N(Cc1ccccc1F)C(=O)CN(c1ccc(Cl)cc1)S(=O)(=O)c1ccc(C)cc1. The summed E-state index contributed by atoms with van der Waals surface area (Å²) in [6.45, 7) is 3.02. The Balaban J connectivity index is 1.80. The third-order valence-corrected chi connectivity index (χ3v) is 8.96. The lowest BCUT2D eigenvalue weighted by Crippen LogP contribution is -2.53. The number of carbonyl (C=O) groups excluding carboxylic acids is 2. The number of hydrogen-bond acceptors (Lipinski definition) is 4. The molecule has 1 atom stereocenters. The van der Waals surface area contributed by atoms with Crippen molar-refractivity contribution in [3.8, 4) is 0 Å². The van der Waals surface area contributed by atoms with Crippen molar-refractivity contribution in [2.24, 2.45) is 0 Å². The summed E-state index contributed by atoms with van der Waals surface area (Å²) in [6.07, 6.45) is 0.137. The van der Waals surface area contributed by atoms with E-state index in [0.29, 0.717) is 11.6 Å². The Bertz CT molecular complexity index is 1650. The van der Waals surface area contributed by atoms with E-state index in [1.54, 1.807) is 25.1 Å². The van der Waals surface area contributed by atoms with Gasteiger partial charge in [-0.2, -0.15) is 0 Å². The first-order valence-corrected chi connectivity index (χ1v) is 15.6. The number of amides is 2. The fourth-order valence-corrected chi connectivity index (χ4v) is 6.17. The molecular formula is C33H33ClFN3O4S.